The van der Waals surface area contributed by atoms with Crippen molar-refractivity contribution >= 4 is 28.9 Å². The molecule has 1 aliphatic rings. The number of benzene rings is 2. The van der Waals surface area contributed by atoms with Crippen LogP contribution in [-0.4, -0.2) is 43.0 Å². The summed E-state index contributed by atoms with van der Waals surface area (Å²) in [7, 11) is 0. The third kappa shape index (κ3) is 4.21. The fourth-order valence-corrected chi connectivity index (χ4v) is 2.82. The van der Waals surface area contributed by atoms with E-state index in [1.807, 2.05) is 4.90 Å². The minimum Gasteiger partial charge on any atom is -0.378 e. The molecule has 0 spiro atoms. The van der Waals surface area contributed by atoms with Crippen LogP contribution in [0.15, 0.2) is 42.5 Å². The minimum absolute atomic E-state index is 0.166. The van der Waals surface area contributed by atoms with Gasteiger partial charge in [0.1, 0.15) is 0 Å². The van der Waals surface area contributed by atoms with E-state index in [4.69, 9.17) is 10.5 Å². The SMILES string of the molecule is NC(=O)c1ccc(NC(=O)c2cc([N+](=O)[O-])ccc2N2CCOCC2)cc1. The largest absolute Gasteiger partial charge is 0.378 e. The van der Waals surface area contributed by atoms with Crippen molar-refractivity contribution in [2.24, 2.45) is 5.73 Å². The number of rotatable bonds is 5. The zero-order valence-electron chi connectivity index (χ0n) is 14.4. The summed E-state index contributed by atoms with van der Waals surface area (Å²) in [6, 6.07) is 10.3. The Morgan fingerprint density at radius 1 is 1.11 bits per heavy atom. The lowest BCUT2D eigenvalue weighted by molar-refractivity contribution is -0.384. The maximum absolute atomic E-state index is 12.8. The second-order valence-corrected chi connectivity index (χ2v) is 5.95. The zero-order chi connectivity index (χ0) is 19.4. The van der Waals surface area contributed by atoms with Crippen LogP contribution in [0.1, 0.15) is 20.7 Å². The number of carbonyl (C=O) groups is 2. The fraction of sp³-hybridized carbons (Fsp3) is 0.222. The van der Waals surface area contributed by atoms with E-state index in [-0.39, 0.29) is 11.3 Å². The average Bonchev–Trinajstić information content (AvgIpc) is 2.68. The van der Waals surface area contributed by atoms with Crippen molar-refractivity contribution in [3.05, 3.63) is 63.7 Å². The van der Waals surface area contributed by atoms with Crippen LogP contribution in [0.25, 0.3) is 0 Å². The molecule has 0 aromatic heterocycles. The van der Waals surface area contributed by atoms with Gasteiger partial charge in [-0.25, -0.2) is 0 Å². The number of nitro benzene ring substituents is 1. The van der Waals surface area contributed by atoms with Crippen molar-refractivity contribution in [1.82, 2.24) is 0 Å². The van der Waals surface area contributed by atoms with E-state index in [0.717, 1.165) is 0 Å². The first-order chi connectivity index (χ1) is 13.0. The molecule has 140 valence electrons. The summed E-state index contributed by atoms with van der Waals surface area (Å²) in [5, 5.41) is 13.8. The smallest absolute Gasteiger partial charge is 0.270 e. The summed E-state index contributed by atoms with van der Waals surface area (Å²) in [6.07, 6.45) is 0. The van der Waals surface area contributed by atoms with Gasteiger partial charge in [-0.05, 0) is 30.3 Å². The molecule has 0 unspecified atom stereocenters. The minimum atomic E-state index is -0.568. The van der Waals surface area contributed by atoms with Gasteiger partial charge in [0.25, 0.3) is 11.6 Å². The number of nitrogens with two attached hydrogens (primary N) is 1. The molecular formula is C18H18N4O5. The summed E-state index contributed by atoms with van der Waals surface area (Å²) in [5.41, 5.74) is 6.60. The maximum atomic E-state index is 12.8. The number of hydrogen-bond donors (Lipinski definition) is 2. The van der Waals surface area contributed by atoms with Crippen LogP contribution >= 0.6 is 0 Å². The average molecular weight is 370 g/mol. The van der Waals surface area contributed by atoms with Crippen LogP contribution in [-0.2, 0) is 4.74 Å². The molecule has 3 rings (SSSR count). The van der Waals surface area contributed by atoms with Gasteiger partial charge in [0.15, 0.2) is 0 Å². The molecule has 1 heterocycles. The molecule has 1 saturated heterocycles. The highest BCUT2D eigenvalue weighted by molar-refractivity contribution is 6.08. The third-order valence-corrected chi connectivity index (χ3v) is 4.21. The fourth-order valence-electron chi connectivity index (χ4n) is 2.82. The van der Waals surface area contributed by atoms with Gasteiger partial charge in [-0.2, -0.15) is 0 Å². The van der Waals surface area contributed by atoms with Gasteiger partial charge in [-0.1, -0.05) is 0 Å². The van der Waals surface area contributed by atoms with Crippen LogP contribution < -0.4 is 16.0 Å². The number of hydrogen-bond acceptors (Lipinski definition) is 6. The Bertz CT molecular complexity index is 876. The van der Waals surface area contributed by atoms with Crippen LogP contribution in [0, 0.1) is 10.1 Å². The molecule has 2 aromatic rings. The topological polar surface area (TPSA) is 128 Å². The number of nitrogens with one attached hydrogen (secondary N) is 1. The van der Waals surface area contributed by atoms with Crippen LogP contribution in [0.3, 0.4) is 0 Å². The van der Waals surface area contributed by atoms with Gasteiger partial charge in [0.05, 0.1) is 29.4 Å². The van der Waals surface area contributed by atoms with Gasteiger partial charge in [0, 0.05) is 36.5 Å². The van der Waals surface area contributed by atoms with Crippen molar-refractivity contribution in [2.45, 2.75) is 0 Å². The van der Waals surface area contributed by atoms with Gasteiger partial charge >= 0.3 is 0 Å². The van der Waals surface area contributed by atoms with Gasteiger partial charge < -0.3 is 20.7 Å². The van der Waals surface area contributed by atoms with E-state index in [1.54, 1.807) is 18.2 Å². The Kier molecular flexibility index (Phi) is 5.32. The zero-order valence-corrected chi connectivity index (χ0v) is 14.4. The van der Waals surface area contributed by atoms with E-state index >= 15 is 0 Å². The molecule has 9 nitrogen and oxygen atoms in total. The number of nitro groups is 1. The summed E-state index contributed by atoms with van der Waals surface area (Å²) < 4.78 is 5.32. The van der Waals surface area contributed by atoms with E-state index in [1.165, 1.54) is 24.3 Å². The Morgan fingerprint density at radius 2 is 1.78 bits per heavy atom. The highest BCUT2D eigenvalue weighted by Crippen LogP contribution is 2.27. The molecule has 0 radical (unpaired) electrons. The molecule has 1 aliphatic heterocycles. The Balaban J connectivity index is 1.89. The van der Waals surface area contributed by atoms with Crippen LogP contribution in [0.5, 0.6) is 0 Å². The summed E-state index contributed by atoms with van der Waals surface area (Å²) in [6.45, 7) is 2.22. The van der Waals surface area contributed by atoms with Crippen molar-refractivity contribution in [3.63, 3.8) is 0 Å². The first-order valence-electron chi connectivity index (χ1n) is 8.28. The standard InChI is InChI=1S/C18H18N4O5/c19-17(23)12-1-3-13(4-2-12)20-18(24)15-11-14(22(25)26)5-6-16(15)21-7-9-27-10-8-21/h1-6,11H,7-10H2,(H2,19,23)(H,20,24). The van der Waals surface area contributed by atoms with E-state index in [9.17, 15) is 19.7 Å². The number of amides is 2. The van der Waals surface area contributed by atoms with E-state index in [2.05, 4.69) is 5.32 Å². The second-order valence-electron chi connectivity index (χ2n) is 5.95. The Hall–Kier alpha value is -3.46. The number of carbonyl (C=O) groups excluding carboxylic acids is 2. The number of anilines is 2. The monoisotopic (exact) mass is 370 g/mol. The Morgan fingerprint density at radius 3 is 2.37 bits per heavy atom. The molecule has 0 bridgehead atoms. The van der Waals surface area contributed by atoms with Crippen molar-refractivity contribution in [3.8, 4) is 0 Å². The van der Waals surface area contributed by atoms with Crippen LogP contribution in [0.4, 0.5) is 17.1 Å². The molecule has 2 aromatic carbocycles. The van der Waals surface area contributed by atoms with Gasteiger partial charge in [-0.15, -0.1) is 0 Å². The molecule has 27 heavy (non-hydrogen) atoms. The van der Waals surface area contributed by atoms with Crippen molar-refractivity contribution in [1.29, 1.82) is 0 Å². The third-order valence-electron chi connectivity index (χ3n) is 4.21. The van der Waals surface area contributed by atoms with E-state index in [0.29, 0.717) is 43.2 Å². The maximum Gasteiger partial charge on any atom is 0.270 e. The quantitative estimate of drug-likeness (QED) is 0.610. The molecule has 2 amide bonds. The lowest BCUT2D eigenvalue weighted by Gasteiger charge is -2.30. The number of morpholine rings is 1. The number of primary amides is 1. The summed E-state index contributed by atoms with van der Waals surface area (Å²) >= 11 is 0. The molecule has 1 fully saturated rings. The molecule has 3 N–H and O–H groups in total. The second kappa shape index (κ2) is 7.83. The molecule has 0 saturated carbocycles. The summed E-state index contributed by atoms with van der Waals surface area (Å²) in [4.78, 5) is 36.5. The molecule has 0 atom stereocenters. The predicted molar refractivity (Wildman–Crippen MR) is 99.0 cm³/mol. The van der Waals surface area contributed by atoms with Gasteiger partial charge in [-0.3, -0.25) is 19.7 Å². The molecule has 9 heteroatoms. The lowest BCUT2D eigenvalue weighted by Crippen LogP contribution is -2.37. The summed E-state index contributed by atoms with van der Waals surface area (Å²) in [5.74, 6) is -1.05. The first-order valence-corrected chi connectivity index (χ1v) is 8.28. The van der Waals surface area contributed by atoms with Crippen molar-refractivity contribution in [2.75, 3.05) is 36.5 Å². The highest BCUT2D eigenvalue weighted by atomic mass is 16.6. The number of ether oxygens (including phenoxy) is 1. The van der Waals surface area contributed by atoms with Crippen molar-refractivity contribution < 1.29 is 19.2 Å². The lowest BCUT2D eigenvalue weighted by atomic mass is 10.1. The highest BCUT2D eigenvalue weighted by Gasteiger charge is 2.22. The van der Waals surface area contributed by atoms with Crippen LogP contribution in [0.2, 0.25) is 0 Å². The number of non-ortho nitro benzene ring substituents is 1. The predicted octanol–water partition coefficient (Wildman–Crippen LogP) is 1.78. The molecular weight excluding hydrogens is 352 g/mol. The normalized spacial score (nSPS) is 13.9. The van der Waals surface area contributed by atoms with E-state index < -0.39 is 16.7 Å². The van der Waals surface area contributed by atoms with Gasteiger partial charge in [0.2, 0.25) is 5.91 Å². The molecule has 0 aliphatic carbocycles. The first kappa shape index (κ1) is 18.3. The Labute approximate surface area is 154 Å². The number of nitrogens with zero attached hydrogens (tertiary/aromatic N) is 2.